The summed E-state index contributed by atoms with van der Waals surface area (Å²) >= 11 is 0. The van der Waals surface area contributed by atoms with Crippen molar-refractivity contribution in [2.75, 3.05) is 13.7 Å². The molecule has 0 heterocycles. The van der Waals surface area contributed by atoms with Crippen LogP contribution in [0, 0.1) is 23.0 Å². The number of nitro groups is 1. The Morgan fingerprint density at radius 3 is 2.72 bits per heavy atom. The fraction of sp³-hybridized carbons (Fsp3) is 0.417. The van der Waals surface area contributed by atoms with E-state index in [1.807, 2.05) is 0 Å². The molecule has 98 valence electrons. The summed E-state index contributed by atoms with van der Waals surface area (Å²) in [4.78, 5) is 21.5. The SMILES string of the molecule is COC(=O)[C@@H](C)COc1cc(C)ccc1[N+](=O)[O-]. The van der Waals surface area contributed by atoms with Gasteiger partial charge in [0.05, 0.1) is 18.0 Å². The molecule has 1 aromatic carbocycles. The Morgan fingerprint density at radius 2 is 2.17 bits per heavy atom. The lowest BCUT2D eigenvalue weighted by atomic mass is 10.2. The van der Waals surface area contributed by atoms with Gasteiger partial charge in [-0.1, -0.05) is 6.07 Å². The van der Waals surface area contributed by atoms with Crippen molar-refractivity contribution in [2.24, 2.45) is 5.92 Å². The molecule has 0 fully saturated rings. The van der Waals surface area contributed by atoms with Crippen LogP contribution in [0.5, 0.6) is 5.75 Å². The van der Waals surface area contributed by atoms with E-state index in [1.165, 1.54) is 13.2 Å². The van der Waals surface area contributed by atoms with Gasteiger partial charge in [-0.3, -0.25) is 14.9 Å². The van der Waals surface area contributed by atoms with Crippen LogP contribution in [0.2, 0.25) is 0 Å². The molecular formula is C12H15NO5. The normalized spacial score (nSPS) is 11.7. The lowest BCUT2D eigenvalue weighted by Gasteiger charge is -2.11. The Bertz CT molecular complexity index is 458. The highest BCUT2D eigenvalue weighted by Crippen LogP contribution is 2.28. The van der Waals surface area contributed by atoms with Crippen LogP contribution >= 0.6 is 0 Å². The van der Waals surface area contributed by atoms with Gasteiger partial charge in [0.2, 0.25) is 0 Å². The van der Waals surface area contributed by atoms with Gasteiger partial charge in [-0.25, -0.2) is 0 Å². The van der Waals surface area contributed by atoms with Crippen molar-refractivity contribution in [3.05, 3.63) is 33.9 Å². The second-order valence-electron chi connectivity index (χ2n) is 3.96. The predicted molar refractivity (Wildman–Crippen MR) is 64.5 cm³/mol. The topological polar surface area (TPSA) is 78.7 Å². The van der Waals surface area contributed by atoms with Crippen LogP contribution in [-0.2, 0) is 9.53 Å². The Balaban J connectivity index is 2.80. The van der Waals surface area contributed by atoms with E-state index in [0.29, 0.717) is 0 Å². The van der Waals surface area contributed by atoms with E-state index in [-0.39, 0.29) is 18.0 Å². The van der Waals surface area contributed by atoms with Gasteiger partial charge in [-0.05, 0) is 25.5 Å². The van der Waals surface area contributed by atoms with Crippen molar-refractivity contribution in [3.8, 4) is 5.75 Å². The van der Waals surface area contributed by atoms with E-state index in [2.05, 4.69) is 4.74 Å². The number of ether oxygens (including phenoxy) is 2. The molecule has 18 heavy (non-hydrogen) atoms. The molecule has 0 aliphatic carbocycles. The fourth-order valence-corrected chi connectivity index (χ4v) is 1.37. The Kier molecular flexibility index (Phi) is 4.65. The fourth-order valence-electron chi connectivity index (χ4n) is 1.37. The smallest absolute Gasteiger partial charge is 0.311 e. The molecule has 1 aromatic rings. The average Bonchev–Trinajstić information content (AvgIpc) is 2.34. The van der Waals surface area contributed by atoms with Crippen LogP contribution < -0.4 is 4.74 Å². The summed E-state index contributed by atoms with van der Waals surface area (Å²) in [5.41, 5.74) is 0.735. The number of carbonyl (C=O) groups excluding carboxylic acids is 1. The van der Waals surface area contributed by atoms with Gasteiger partial charge in [0.15, 0.2) is 5.75 Å². The number of hydrogen-bond donors (Lipinski definition) is 0. The number of nitro benzene ring substituents is 1. The highest BCUT2D eigenvalue weighted by Gasteiger charge is 2.18. The van der Waals surface area contributed by atoms with Crippen LogP contribution in [0.1, 0.15) is 12.5 Å². The first-order chi connectivity index (χ1) is 8.45. The zero-order valence-corrected chi connectivity index (χ0v) is 10.5. The lowest BCUT2D eigenvalue weighted by molar-refractivity contribution is -0.385. The first-order valence-electron chi connectivity index (χ1n) is 5.41. The van der Waals surface area contributed by atoms with Gasteiger partial charge in [-0.15, -0.1) is 0 Å². The minimum absolute atomic E-state index is 0.0387. The van der Waals surface area contributed by atoms with Gasteiger partial charge in [0.25, 0.3) is 0 Å². The maximum absolute atomic E-state index is 11.2. The van der Waals surface area contributed by atoms with Crippen molar-refractivity contribution in [2.45, 2.75) is 13.8 Å². The van der Waals surface area contributed by atoms with Gasteiger partial charge >= 0.3 is 11.7 Å². The summed E-state index contributed by atoms with van der Waals surface area (Å²) in [7, 11) is 1.29. The maximum atomic E-state index is 11.2. The van der Waals surface area contributed by atoms with E-state index in [4.69, 9.17) is 4.74 Å². The van der Waals surface area contributed by atoms with Crippen LogP contribution in [0.3, 0.4) is 0 Å². The molecule has 6 nitrogen and oxygen atoms in total. The van der Waals surface area contributed by atoms with Crippen LogP contribution in [-0.4, -0.2) is 24.6 Å². The first kappa shape index (κ1) is 14.0. The van der Waals surface area contributed by atoms with Crippen molar-refractivity contribution in [1.29, 1.82) is 0 Å². The van der Waals surface area contributed by atoms with Crippen LogP contribution in [0.25, 0.3) is 0 Å². The summed E-state index contributed by atoms with van der Waals surface area (Å²) in [5, 5.41) is 10.8. The summed E-state index contributed by atoms with van der Waals surface area (Å²) in [6.07, 6.45) is 0. The molecule has 0 spiro atoms. The number of hydrogen-bond acceptors (Lipinski definition) is 5. The number of nitrogens with zero attached hydrogens (tertiary/aromatic N) is 1. The summed E-state index contributed by atoms with van der Waals surface area (Å²) in [6, 6.07) is 4.59. The van der Waals surface area contributed by atoms with Crippen molar-refractivity contribution >= 4 is 11.7 Å². The largest absolute Gasteiger partial charge is 0.486 e. The van der Waals surface area contributed by atoms with Crippen LogP contribution in [0.15, 0.2) is 18.2 Å². The van der Waals surface area contributed by atoms with Crippen molar-refractivity contribution in [1.82, 2.24) is 0 Å². The predicted octanol–water partition coefficient (Wildman–Crippen LogP) is 2.09. The highest BCUT2D eigenvalue weighted by atomic mass is 16.6. The minimum atomic E-state index is -0.516. The molecule has 6 heteroatoms. The zero-order chi connectivity index (χ0) is 13.7. The molecule has 0 N–H and O–H groups in total. The number of esters is 1. The summed E-state index contributed by atoms with van der Waals surface area (Å²) < 4.78 is 9.87. The third-order valence-corrected chi connectivity index (χ3v) is 2.40. The number of benzene rings is 1. The van der Waals surface area contributed by atoms with E-state index in [1.54, 1.807) is 26.0 Å². The number of rotatable bonds is 5. The molecule has 0 aromatic heterocycles. The molecule has 0 aliphatic rings. The number of methoxy groups -OCH3 is 1. The molecule has 0 amide bonds. The lowest BCUT2D eigenvalue weighted by Crippen LogP contribution is -2.20. The van der Waals surface area contributed by atoms with E-state index in [9.17, 15) is 14.9 Å². The third-order valence-electron chi connectivity index (χ3n) is 2.40. The maximum Gasteiger partial charge on any atom is 0.311 e. The second-order valence-corrected chi connectivity index (χ2v) is 3.96. The molecule has 0 bridgehead atoms. The molecule has 0 unspecified atom stereocenters. The second kappa shape index (κ2) is 6.00. The first-order valence-corrected chi connectivity index (χ1v) is 5.41. The van der Waals surface area contributed by atoms with E-state index in [0.717, 1.165) is 5.56 Å². The summed E-state index contributed by atoms with van der Waals surface area (Å²) in [5.74, 6) is -0.726. The van der Waals surface area contributed by atoms with E-state index < -0.39 is 16.8 Å². The molecule has 0 aliphatic heterocycles. The molecule has 1 rings (SSSR count). The minimum Gasteiger partial charge on any atom is -0.486 e. The van der Waals surface area contributed by atoms with Gasteiger partial charge < -0.3 is 9.47 Å². The Hall–Kier alpha value is -2.11. The van der Waals surface area contributed by atoms with Crippen LogP contribution in [0.4, 0.5) is 5.69 Å². The van der Waals surface area contributed by atoms with Crippen molar-refractivity contribution in [3.63, 3.8) is 0 Å². The molecule has 0 saturated heterocycles. The third kappa shape index (κ3) is 3.44. The Labute approximate surface area is 105 Å². The quantitative estimate of drug-likeness (QED) is 0.456. The zero-order valence-electron chi connectivity index (χ0n) is 10.5. The Morgan fingerprint density at radius 1 is 1.50 bits per heavy atom. The average molecular weight is 253 g/mol. The molecular weight excluding hydrogens is 238 g/mol. The standard InChI is InChI=1S/C12H15NO5/c1-8-4-5-10(13(15)16)11(6-8)18-7-9(2)12(14)17-3/h4-6,9H,7H2,1-3H3/t9-/m0/s1. The monoisotopic (exact) mass is 253 g/mol. The van der Waals surface area contributed by atoms with E-state index >= 15 is 0 Å². The number of aryl methyl sites for hydroxylation is 1. The summed E-state index contributed by atoms with van der Waals surface area (Å²) in [6.45, 7) is 3.48. The molecule has 1 atom stereocenters. The molecule has 0 saturated carbocycles. The van der Waals surface area contributed by atoms with Gasteiger partial charge in [0.1, 0.15) is 6.61 Å². The highest BCUT2D eigenvalue weighted by molar-refractivity contribution is 5.72. The number of carbonyl (C=O) groups is 1. The van der Waals surface area contributed by atoms with Crippen molar-refractivity contribution < 1.29 is 19.2 Å². The molecule has 0 radical (unpaired) electrons. The van der Waals surface area contributed by atoms with Gasteiger partial charge in [0, 0.05) is 6.07 Å². The van der Waals surface area contributed by atoms with Gasteiger partial charge in [-0.2, -0.15) is 0 Å².